The molecule has 1 saturated heterocycles. The second kappa shape index (κ2) is 7.60. The van der Waals surface area contributed by atoms with Gasteiger partial charge in [0.05, 0.1) is 18.2 Å². The van der Waals surface area contributed by atoms with Crippen LogP contribution in [0, 0.1) is 0 Å². The number of carbonyl (C=O) groups is 2. The number of benzene rings is 2. The molecule has 28 heavy (non-hydrogen) atoms. The van der Waals surface area contributed by atoms with Gasteiger partial charge in [-0.25, -0.2) is 4.90 Å². The molecule has 5 nitrogen and oxygen atoms in total. The summed E-state index contributed by atoms with van der Waals surface area (Å²) in [6, 6.07) is 15.4. The molecule has 2 heterocycles. The molecular weight excluding hydrogens is 350 g/mol. The van der Waals surface area contributed by atoms with Gasteiger partial charge in [0.1, 0.15) is 0 Å². The van der Waals surface area contributed by atoms with Gasteiger partial charge in [0, 0.05) is 23.6 Å². The van der Waals surface area contributed by atoms with Crippen molar-refractivity contribution in [3.8, 4) is 0 Å². The number of nitrogens with one attached hydrogen (secondary N) is 2. The minimum absolute atomic E-state index is 0.146. The number of aromatic amines is 1. The molecule has 3 aromatic rings. The fourth-order valence-corrected chi connectivity index (χ4v) is 3.79. The normalized spacial score (nSPS) is 17.2. The zero-order chi connectivity index (χ0) is 19.7. The van der Waals surface area contributed by atoms with Gasteiger partial charge < -0.3 is 10.3 Å². The van der Waals surface area contributed by atoms with Gasteiger partial charge in [0.15, 0.2) is 0 Å². The summed E-state index contributed by atoms with van der Waals surface area (Å²) >= 11 is 0. The minimum atomic E-state index is -0.456. The van der Waals surface area contributed by atoms with Gasteiger partial charge in [0.25, 0.3) is 5.91 Å². The van der Waals surface area contributed by atoms with E-state index >= 15 is 0 Å². The number of rotatable bonds is 6. The van der Waals surface area contributed by atoms with Gasteiger partial charge in [0.2, 0.25) is 5.91 Å². The predicted octanol–water partition coefficient (Wildman–Crippen LogP) is 3.76. The van der Waals surface area contributed by atoms with E-state index in [2.05, 4.69) is 30.2 Å². The van der Waals surface area contributed by atoms with E-state index in [-0.39, 0.29) is 18.2 Å². The Labute approximate surface area is 164 Å². The summed E-state index contributed by atoms with van der Waals surface area (Å²) in [4.78, 5) is 29.8. The maximum absolute atomic E-state index is 12.8. The van der Waals surface area contributed by atoms with Crippen LogP contribution in [-0.4, -0.2) is 29.4 Å². The highest BCUT2D eigenvalue weighted by atomic mass is 16.2. The van der Waals surface area contributed by atoms with E-state index in [9.17, 15) is 9.59 Å². The molecule has 0 spiro atoms. The molecule has 0 radical (unpaired) electrons. The summed E-state index contributed by atoms with van der Waals surface area (Å²) in [7, 11) is 0. The van der Waals surface area contributed by atoms with Gasteiger partial charge in [-0.3, -0.25) is 9.59 Å². The number of nitrogens with zero attached hydrogens (tertiary/aromatic N) is 1. The first-order valence-electron chi connectivity index (χ1n) is 9.79. The Bertz CT molecular complexity index is 1000. The summed E-state index contributed by atoms with van der Waals surface area (Å²) in [6.07, 6.45) is 3.01. The molecule has 0 unspecified atom stereocenters. The number of H-pyrrole nitrogens is 1. The third-order valence-corrected chi connectivity index (χ3v) is 5.42. The lowest BCUT2D eigenvalue weighted by Crippen LogP contribution is -2.39. The van der Waals surface area contributed by atoms with E-state index in [0.29, 0.717) is 18.2 Å². The van der Waals surface area contributed by atoms with E-state index < -0.39 is 6.04 Å². The highest BCUT2D eigenvalue weighted by molar-refractivity contribution is 6.22. The fourth-order valence-electron chi connectivity index (χ4n) is 3.79. The van der Waals surface area contributed by atoms with Gasteiger partial charge in [-0.1, -0.05) is 44.2 Å². The van der Waals surface area contributed by atoms with Gasteiger partial charge >= 0.3 is 0 Å². The van der Waals surface area contributed by atoms with Crippen molar-refractivity contribution in [2.75, 3.05) is 11.4 Å². The number of para-hydroxylation sites is 1. The first-order valence-corrected chi connectivity index (χ1v) is 9.79. The smallest absolute Gasteiger partial charge is 0.251 e. The number of anilines is 1. The maximum Gasteiger partial charge on any atom is 0.251 e. The summed E-state index contributed by atoms with van der Waals surface area (Å²) in [6.45, 7) is 4.88. The summed E-state index contributed by atoms with van der Waals surface area (Å²) in [5, 5.41) is 4.47. The number of hydrogen-bond acceptors (Lipinski definition) is 3. The average molecular weight is 375 g/mol. The molecule has 0 bridgehead atoms. The van der Waals surface area contributed by atoms with Crippen molar-refractivity contribution in [1.29, 1.82) is 0 Å². The summed E-state index contributed by atoms with van der Waals surface area (Å²) in [5.74, 6) is 0.103. The number of hydrogen-bond donors (Lipinski definition) is 2. The monoisotopic (exact) mass is 375 g/mol. The topological polar surface area (TPSA) is 65.2 Å². The molecule has 2 amide bonds. The van der Waals surface area contributed by atoms with Crippen molar-refractivity contribution in [3.63, 3.8) is 0 Å². The van der Waals surface area contributed by atoms with Crippen LogP contribution in [0.4, 0.5) is 5.69 Å². The lowest BCUT2D eigenvalue weighted by Gasteiger charge is -2.16. The predicted molar refractivity (Wildman–Crippen MR) is 111 cm³/mol. The van der Waals surface area contributed by atoms with Crippen LogP contribution in [0.5, 0.6) is 0 Å². The van der Waals surface area contributed by atoms with Crippen LogP contribution in [0.1, 0.15) is 37.3 Å². The van der Waals surface area contributed by atoms with Gasteiger partial charge in [-0.05, 0) is 41.7 Å². The van der Waals surface area contributed by atoms with Crippen molar-refractivity contribution >= 4 is 28.4 Å². The quantitative estimate of drug-likeness (QED) is 0.645. The van der Waals surface area contributed by atoms with E-state index in [1.54, 1.807) is 0 Å². The number of carbonyl (C=O) groups excluding carboxylic acids is 2. The molecule has 5 heteroatoms. The maximum atomic E-state index is 12.8. The third kappa shape index (κ3) is 3.45. The van der Waals surface area contributed by atoms with Crippen molar-refractivity contribution in [3.05, 3.63) is 65.9 Å². The largest absolute Gasteiger partial charge is 0.361 e. The Hall–Kier alpha value is -2.92. The molecule has 1 aliphatic heterocycles. The zero-order valence-electron chi connectivity index (χ0n) is 16.2. The average Bonchev–Trinajstić information content (AvgIpc) is 3.23. The lowest BCUT2D eigenvalue weighted by atomic mass is 10.0. The molecule has 0 saturated carbocycles. The SMILES string of the molecule is CC(C)c1ccc(N2C(=O)C[C@H](NCCc3c[nH]c4ccccc34)C2=O)cc1. The molecule has 144 valence electrons. The van der Waals surface area contributed by atoms with E-state index in [0.717, 1.165) is 11.9 Å². The standard InChI is InChI=1S/C23H25N3O2/c1-15(2)16-7-9-18(10-8-16)26-22(27)13-21(23(26)28)24-12-11-17-14-25-20-6-4-3-5-19(17)20/h3-10,14-15,21,24-25H,11-13H2,1-2H3/t21-/m0/s1. The van der Waals surface area contributed by atoms with Crippen molar-refractivity contribution in [2.24, 2.45) is 0 Å². The Morgan fingerprint density at radius 3 is 2.61 bits per heavy atom. The van der Waals surface area contributed by atoms with E-state index in [1.807, 2.05) is 48.7 Å². The zero-order valence-corrected chi connectivity index (χ0v) is 16.2. The van der Waals surface area contributed by atoms with Gasteiger partial charge in [-0.2, -0.15) is 0 Å². The van der Waals surface area contributed by atoms with Crippen LogP contribution in [0.3, 0.4) is 0 Å². The van der Waals surface area contributed by atoms with Crippen molar-refractivity contribution in [2.45, 2.75) is 38.6 Å². The van der Waals surface area contributed by atoms with Crippen molar-refractivity contribution in [1.82, 2.24) is 10.3 Å². The molecule has 1 aromatic heterocycles. The molecule has 1 fully saturated rings. The molecular formula is C23H25N3O2. The first kappa shape index (κ1) is 18.4. The van der Waals surface area contributed by atoms with Crippen LogP contribution in [0.25, 0.3) is 10.9 Å². The Kier molecular flexibility index (Phi) is 5.01. The molecule has 2 N–H and O–H groups in total. The van der Waals surface area contributed by atoms with Crippen LogP contribution in [0.2, 0.25) is 0 Å². The summed E-state index contributed by atoms with van der Waals surface area (Å²) < 4.78 is 0. The lowest BCUT2D eigenvalue weighted by molar-refractivity contribution is -0.121. The highest BCUT2D eigenvalue weighted by Crippen LogP contribution is 2.25. The fraction of sp³-hybridized carbons (Fsp3) is 0.304. The summed E-state index contributed by atoms with van der Waals surface area (Å²) in [5.41, 5.74) is 4.17. The van der Waals surface area contributed by atoms with Crippen molar-refractivity contribution < 1.29 is 9.59 Å². The van der Waals surface area contributed by atoms with Crippen LogP contribution < -0.4 is 10.2 Å². The molecule has 0 aliphatic carbocycles. The number of imide groups is 1. The number of aromatic nitrogens is 1. The second-order valence-corrected chi connectivity index (χ2v) is 7.63. The highest BCUT2D eigenvalue weighted by Gasteiger charge is 2.39. The van der Waals surface area contributed by atoms with Crippen LogP contribution >= 0.6 is 0 Å². The Balaban J connectivity index is 1.40. The first-order chi connectivity index (χ1) is 13.5. The Morgan fingerprint density at radius 1 is 1.11 bits per heavy atom. The van der Waals surface area contributed by atoms with E-state index in [1.165, 1.54) is 21.4 Å². The van der Waals surface area contributed by atoms with E-state index in [4.69, 9.17) is 0 Å². The molecule has 4 rings (SSSR count). The second-order valence-electron chi connectivity index (χ2n) is 7.63. The molecule has 1 aliphatic rings. The van der Waals surface area contributed by atoms with Gasteiger partial charge in [-0.15, -0.1) is 0 Å². The molecule has 2 aromatic carbocycles. The number of fused-ring (bicyclic) bond motifs is 1. The number of amides is 2. The minimum Gasteiger partial charge on any atom is -0.361 e. The Morgan fingerprint density at radius 2 is 1.86 bits per heavy atom. The van der Waals surface area contributed by atoms with Crippen LogP contribution in [-0.2, 0) is 16.0 Å². The third-order valence-electron chi connectivity index (χ3n) is 5.42. The van der Waals surface area contributed by atoms with Crippen LogP contribution in [0.15, 0.2) is 54.7 Å². The molecule has 1 atom stereocenters.